The van der Waals surface area contributed by atoms with Crippen LogP contribution in [0.1, 0.15) is 29.3 Å². The number of para-hydroxylation sites is 1. The van der Waals surface area contributed by atoms with Gasteiger partial charge in [-0.15, -0.1) is 0 Å². The Kier molecular flexibility index (Phi) is 5.69. The van der Waals surface area contributed by atoms with Crippen LogP contribution in [-0.2, 0) is 13.1 Å². The first-order valence-corrected chi connectivity index (χ1v) is 11.9. The van der Waals surface area contributed by atoms with Crippen molar-refractivity contribution in [1.82, 2.24) is 9.47 Å². The summed E-state index contributed by atoms with van der Waals surface area (Å²) in [4.78, 5) is 2.56. The van der Waals surface area contributed by atoms with Crippen molar-refractivity contribution in [2.24, 2.45) is 0 Å². The minimum atomic E-state index is 0.130. The number of nitrogens with zero attached hydrogens (tertiary/aromatic N) is 2. The first-order valence-electron chi connectivity index (χ1n) is 11.9. The molecule has 0 saturated heterocycles. The Bertz CT molecular complexity index is 1270. The molecule has 5 nitrogen and oxygen atoms in total. The van der Waals surface area contributed by atoms with E-state index in [9.17, 15) is 0 Å². The van der Waals surface area contributed by atoms with Crippen LogP contribution in [0, 0.1) is 0 Å². The molecular formula is C29H28N2O3. The van der Waals surface area contributed by atoms with Crippen molar-refractivity contribution < 1.29 is 14.2 Å². The first kappa shape index (κ1) is 20.9. The van der Waals surface area contributed by atoms with E-state index in [1.807, 2.05) is 42.5 Å². The van der Waals surface area contributed by atoms with Gasteiger partial charge in [0.15, 0.2) is 11.5 Å². The number of ether oxygens (including phenoxy) is 3. The van der Waals surface area contributed by atoms with Crippen LogP contribution in [0.15, 0.2) is 91.1 Å². The fourth-order valence-electron chi connectivity index (χ4n) is 4.98. The third-order valence-corrected chi connectivity index (χ3v) is 6.50. The number of fused-ring (bicyclic) bond motifs is 2. The molecule has 6 rings (SSSR count). The highest BCUT2D eigenvalue weighted by Crippen LogP contribution is 2.37. The second-order valence-electron chi connectivity index (χ2n) is 8.82. The number of hydrogen-bond acceptors (Lipinski definition) is 4. The Morgan fingerprint density at radius 2 is 1.62 bits per heavy atom. The molecule has 5 heteroatoms. The van der Waals surface area contributed by atoms with Gasteiger partial charge in [0.05, 0.1) is 6.04 Å². The largest absolute Gasteiger partial charge is 0.486 e. The van der Waals surface area contributed by atoms with Crippen LogP contribution in [0.4, 0.5) is 0 Å². The Morgan fingerprint density at radius 3 is 2.53 bits per heavy atom. The molecule has 0 spiro atoms. The number of hydrogen-bond donors (Lipinski definition) is 0. The fraction of sp³-hybridized carbons (Fsp3) is 0.241. The quantitative estimate of drug-likeness (QED) is 0.369. The van der Waals surface area contributed by atoms with E-state index in [-0.39, 0.29) is 6.04 Å². The predicted molar refractivity (Wildman–Crippen MR) is 132 cm³/mol. The minimum Gasteiger partial charge on any atom is -0.486 e. The maximum absolute atomic E-state index is 6.17. The van der Waals surface area contributed by atoms with E-state index in [1.165, 1.54) is 16.8 Å². The number of aromatic nitrogens is 1. The summed E-state index contributed by atoms with van der Waals surface area (Å²) in [5, 5.41) is 0. The highest BCUT2D eigenvalue weighted by molar-refractivity contribution is 5.44. The second kappa shape index (κ2) is 9.27. The summed E-state index contributed by atoms with van der Waals surface area (Å²) >= 11 is 0. The molecule has 0 saturated carbocycles. The van der Waals surface area contributed by atoms with Crippen LogP contribution in [0.2, 0.25) is 0 Å². The van der Waals surface area contributed by atoms with Gasteiger partial charge >= 0.3 is 0 Å². The molecule has 1 aromatic heterocycles. The van der Waals surface area contributed by atoms with Gasteiger partial charge < -0.3 is 18.8 Å². The Balaban J connectivity index is 1.34. The molecule has 2 aliphatic rings. The maximum Gasteiger partial charge on any atom is 0.161 e. The van der Waals surface area contributed by atoms with Crippen molar-refractivity contribution in [3.05, 3.63) is 108 Å². The number of aryl methyl sites for hydroxylation is 1. The van der Waals surface area contributed by atoms with Crippen molar-refractivity contribution in [1.29, 1.82) is 0 Å². The summed E-state index contributed by atoms with van der Waals surface area (Å²) in [5.41, 5.74) is 3.77. The average Bonchev–Trinajstić information content (AvgIpc) is 3.26. The van der Waals surface area contributed by atoms with Crippen LogP contribution in [-0.4, -0.2) is 29.2 Å². The van der Waals surface area contributed by atoms with Gasteiger partial charge in [0.2, 0.25) is 0 Å². The van der Waals surface area contributed by atoms with Crippen molar-refractivity contribution >= 4 is 0 Å². The zero-order valence-electron chi connectivity index (χ0n) is 19.1. The van der Waals surface area contributed by atoms with Gasteiger partial charge in [0, 0.05) is 31.5 Å². The van der Waals surface area contributed by atoms with Gasteiger partial charge in [-0.2, -0.15) is 0 Å². The van der Waals surface area contributed by atoms with Crippen molar-refractivity contribution in [3.63, 3.8) is 0 Å². The molecule has 0 radical (unpaired) electrons. The first-order chi connectivity index (χ1) is 16.8. The predicted octanol–water partition coefficient (Wildman–Crippen LogP) is 6.05. The Hall–Kier alpha value is -3.70. The topological polar surface area (TPSA) is 35.9 Å². The molecule has 3 aromatic carbocycles. The van der Waals surface area contributed by atoms with Gasteiger partial charge in [-0.25, -0.2) is 0 Å². The molecule has 0 aliphatic carbocycles. The summed E-state index contributed by atoms with van der Waals surface area (Å²) < 4.78 is 20.1. The third-order valence-electron chi connectivity index (χ3n) is 6.50. The van der Waals surface area contributed by atoms with Gasteiger partial charge in [-0.3, -0.25) is 4.90 Å². The fourth-order valence-corrected chi connectivity index (χ4v) is 4.98. The van der Waals surface area contributed by atoms with Crippen molar-refractivity contribution in [3.8, 4) is 23.0 Å². The third kappa shape index (κ3) is 4.27. The number of benzene rings is 3. The molecule has 3 heterocycles. The molecule has 1 atom stereocenters. The zero-order valence-corrected chi connectivity index (χ0v) is 19.1. The highest BCUT2D eigenvalue weighted by Gasteiger charge is 2.28. The zero-order chi connectivity index (χ0) is 22.7. The molecule has 0 amide bonds. The lowest BCUT2D eigenvalue weighted by Gasteiger charge is -2.31. The van der Waals surface area contributed by atoms with Crippen molar-refractivity contribution in [2.75, 3.05) is 19.8 Å². The Labute approximate surface area is 200 Å². The molecule has 172 valence electrons. The summed E-state index contributed by atoms with van der Waals surface area (Å²) in [6.45, 7) is 4.07. The molecule has 34 heavy (non-hydrogen) atoms. The van der Waals surface area contributed by atoms with E-state index in [0.717, 1.165) is 49.1 Å². The lowest BCUT2D eigenvalue weighted by Crippen LogP contribution is -2.29. The smallest absolute Gasteiger partial charge is 0.161 e. The van der Waals surface area contributed by atoms with E-state index in [4.69, 9.17) is 14.2 Å². The summed E-state index contributed by atoms with van der Waals surface area (Å²) in [6, 6.07) is 29.3. The van der Waals surface area contributed by atoms with Crippen LogP contribution >= 0.6 is 0 Å². The maximum atomic E-state index is 6.17. The van der Waals surface area contributed by atoms with E-state index in [0.29, 0.717) is 13.2 Å². The molecule has 0 N–H and O–H groups in total. The monoisotopic (exact) mass is 452 g/mol. The van der Waals surface area contributed by atoms with Crippen LogP contribution in [0.5, 0.6) is 23.0 Å². The highest BCUT2D eigenvalue weighted by atomic mass is 16.6. The molecule has 2 aliphatic heterocycles. The normalized spacial score (nSPS) is 17.6. The van der Waals surface area contributed by atoms with Crippen LogP contribution in [0.3, 0.4) is 0 Å². The SMILES string of the molecule is c1ccc(Oc2cccc(C3c4cccn4CCCN3Cc3ccc4c(c3)OCCO4)c2)cc1. The molecule has 0 bridgehead atoms. The molecule has 0 fully saturated rings. The molecular weight excluding hydrogens is 424 g/mol. The van der Waals surface area contributed by atoms with Crippen LogP contribution < -0.4 is 14.2 Å². The molecule has 4 aromatic rings. The lowest BCUT2D eigenvalue weighted by atomic mass is 10.0. The number of rotatable bonds is 5. The van der Waals surface area contributed by atoms with E-state index < -0.39 is 0 Å². The van der Waals surface area contributed by atoms with Gasteiger partial charge in [0.25, 0.3) is 0 Å². The van der Waals surface area contributed by atoms with Gasteiger partial charge in [0.1, 0.15) is 24.7 Å². The standard InChI is InChI=1S/C29H28N2O3/c1-2-8-24(9-3-1)34-25-10-4-7-23(20-25)29-26-11-5-14-30(26)15-6-16-31(29)21-22-12-13-27-28(19-22)33-18-17-32-27/h1-5,7-14,19-20,29H,6,15-18,21H2. The summed E-state index contributed by atoms with van der Waals surface area (Å²) in [5.74, 6) is 3.38. The summed E-state index contributed by atoms with van der Waals surface area (Å²) in [6.07, 6.45) is 3.29. The van der Waals surface area contributed by atoms with Gasteiger partial charge in [-0.05, 0) is 66.1 Å². The van der Waals surface area contributed by atoms with E-state index in [2.05, 4.69) is 58.1 Å². The molecule has 1 unspecified atom stereocenters. The van der Waals surface area contributed by atoms with Crippen LogP contribution in [0.25, 0.3) is 0 Å². The minimum absolute atomic E-state index is 0.130. The van der Waals surface area contributed by atoms with E-state index in [1.54, 1.807) is 0 Å². The lowest BCUT2D eigenvalue weighted by molar-refractivity contribution is 0.170. The Morgan fingerprint density at radius 1 is 0.765 bits per heavy atom. The average molecular weight is 453 g/mol. The van der Waals surface area contributed by atoms with E-state index >= 15 is 0 Å². The second-order valence-corrected chi connectivity index (χ2v) is 8.82. The summed E-state index contributed by atoms with van der Waals surface area (Å²) in [7, 11) is 0. The van der Waals surface area contributed by atoms with Gasteiger partial charge in [-0.1, -0.05) is 36.4 Å². The van der Waals surface area contributed by atoms with Crippen molar-refractivity contribution in [2.45, 2.75) is 25.6 Å².